The third kappa shape index (κ3) is 6.65. The van der Waals surface area contributed by atoms with Crippen LogP contribution in [0.4, 0.5) is 34.1 Å². The third-order valence-electron chi connectivity index (χ3n) is 5.42. The number of anilines is 6. The molecule has 4 nitrogen and oxygen atoms in total. The average Bonchev–Trinajstić information content (AvgIpc) is 2.86. The second kappa shape index (κ2) is 10.9. The molecule has 4 rings (SSSR count). The lowest BCUT2D eigenvalue weighted by molar-refractivity contribution is 1.14. The van der Waals surface area contributed by atoms with E-state index in [0.717, 1.165) is 46.4 Å². The summed E-state index contributed by atoms with van der Waals surface area (Å²) in [4.78, 5) is 0. The molecule has 0 aliphatic carbocycles. The molecule has 4 N–H and O–H groups in total. The molecule has 0 atom stereocenters. The summed E-state index contributed by atoms with van der Waals surface area (Å²) in [5, 5.41) is 13.8. The van der Waals surface area contributed by atoms with Crippen molar-refractivity contribution in [3.63, 3.8) is 0 Å². The van der Waals surface area contributed by atoms with Crippen molar-refractivity contribution in [3.8, 4) is 0 Å². The Morgan fingerprint density at radius 1 is 0.485 bits per heavy atom. The first-order valence-electron chi connectivity index (χ1n) is 11.2. The van der Waals surface area contributed by atoms with Gasteiger partial charge < -0.3 is 21.3 Å². The van der Waals surface area contributed by atoms with Gasteiger partial charge in [0.05, 0.1) is 0 Å². The van der Waals surface area contributed by atoms with E-state index in [1.807, 2.05) is 36.4 Å². The lowest BCUT2D eigenvalue weighted by atomic mass is 10.2. The van der Waals surface area contributed by atoms with Gasteiger partial charge in [0.2, 0.25) is 0 Å². The van der Waals surface area contributed by atoms with Crippen LogP contribution in [-0.2, 0) is 0 Å². The SMILES string of the molecule is C/C(CNc1ccc(Nc2ccccc2)cc1)=C(/C)Nc1ccc(Nc2ccccc2)cc1. The fraction of sp³-hybridized carbons (Fsp3) is 0.103. The standard InChI is InChI=1S/C29H30N4/c1-22(21-30-24-13-15-28(16-14-24)32-25-9-5-3-6-10-25)23(2)31-27-17-19-29(20-18-27)33-26-11-7-4-8-12-26/h3-20,30-33H,21H2,1-2H3/b23-22+. The van der Waals surface area contributed by atoms with Gasteiger partial charge in [0.15, 0.2) is 0 Å². The van der Waals surface area contributed by atoms with Crippen LogP contribution in [0.3, 0.4) is 0 Å². The number of benzene rings is 4. The second-order valence-corrected chi connectivity index (χ2v) is 8.02. The van der Waals surface area contributed by atoms with Gasteiger partial charge in [-0.3, -0.25) is 0 Å². The first-order valence-corrected chi connectivity index (χ1v) is 11.2. The summed E-state index contributed by atoms with van der Waals surface area (Å²) in [6.07, 6.45) is 0. The molecule has 4 aromatic carbocycles. The lowest BCUT2D eigenvalue weighted by Crippen LogP contribution is -2.08. The Kier molecular flexibility index (Phi) is 7.29. The predicted octanol–water partition coefficient (Wildman–Crippen LogP) is 7.99. The Morgan fingerprint density at radius 3 is 1.36 bits per heavy atom. The van der Waals surface area contributed by atoms with Crippen molar-refractivity contribution < 1.29 is 0 Å². The number of rotatable bonds is 9. The molecule has 0 unspecified atom stereocenters. The van der Waals surface area contributed by atoms with E-state index in [-0.39, 0.29) is 0 Å². The molecule has 0 bridgehead atoms. The monoisotopic (exact) mass is 434 g/mol. The molecule has 0 heterocycles. The predicted molar refractivity (Wildman–Crippen MR) is 143 cm³/mol. The maximum atomic E-state index is 3.51. The van der Waals surface area contributed by atoms with Crippen LogP contribution in [-0.4, -0.2) is 6.54 Å². The molecule has 0 amide bonds. The highest BCUT2D eigenvalue weighted by Gasteiger charge is 2.01. The topological polar surface area (TPSA) is 48.1 Å². The highest BCUT2D eigenvalue weighted by molar-refractivity contribution is 5.64. The summed E-state index contributed by atoms with van der Waals surface area (Å²) in [7, 11) is 0. The summed E-state index contributed by atoms with van der Waals surface area (Å²) in [5.41, 5.74) is 8.88. The minimum atomic E-state index is 0.776. The maximum absolute atomic E-state index is 3.51. The molecular formula is C29H30N4. The van der Waals surface area contributed by atoms with Crippen molar-refractivity contribution >= 4 is 34.1 Å². The Labute approximate surface area is 196 Å². The number of hydrogen-bond acceptors (Lipinski definition) is 4. The first kappa shape index (κ1) is 22.0. The van der Waals surface area contributed by atoms with Crippen LogP contribution in [0.2, 0.25) is 0 Å². The summed E-state index contributed by atoms with van der Waals surface area (Å²) in [5.74, 6) is 0. The van der Waals surface area contributed by atoms with Gasteiger partial charge in [-0.2, -0.15) is 0 Å². The minimum Gasteiger partial charge on any atom is -0.381 e. The minimum absolute atomic E-state index is 0.776. The molecule has 0 saturated carbocycles. The van der Waals surface area contributed by atoms with E-state index in [1.165, 1.54) is 5.57 Å². The first-order chi connectivity index (χ1) is 16.2. The van der Waals surface area contributed by atoms with E-state index in [4.69, 9.17) is 0 Å². The Balaban J connectivity index is 1.28. The van der Waals surface area contributed by atoms with Crippen LogP contribution in [0.15, 0.2) is 120 Å². The van der Waals surface area contributed by atoms with Gasteiger partial charge in [-0.25, -0.2) is 0 Å². The summed E-state index contributed by atoms with van der Waals surface area (Å²) in [6.45, 7) is 5.03. The van der Waals surface area contributed by atoms with Crippen LogP contribution >= 0.6 is 0 Å². The normalized spacial score (nSPS) is 11.3. The highest BCUT2D eigenvalue weighted by atomic mass is 14.9. The zero-order valence-corrected chi connectivity index (χ0v) is 19.1. The number of para-hydroxylation sites is 2. The molecule has 0 radical (unpaired) electrons. The molecular weight excluding hydrogens is 404 g/mol. The Hall–Kier alpha value is -4.18. The van der Waals surface area contributed by atoms with Gasteiger partial charge in [-0.1, -0.05) is 36.4 Å². The molecule has 0 aromatic heterocycles. The van der Waals surface area contributed by atoms with Crippen LogP contribution in [0.5, 0.6) is 0 Å². The fourth-order valence-corrected chi connectivity index (χ4v) is 3.38. The Bertz CT molecular complexity index is 1170. The number of nitrogens with one attached hydrogen (secondary N) is 4. The van der Waals surface area contributed by atoms with Gasteiger partial charge in [0, 0.05) is 46.4 Å². The quantitative estimate of drug-likeness (QED) is 0.216. The van der Waals surface area contributed by atoms with E-state index in [9.17, 15) is 0 Å². The number of allylic oxidation sites excluding steroid dienone is 1. The fourth-order valence-electron chi connectivity index (χ4n) is 3.38. The Morgan fingerprint density at radius 2 is 0.879 bits per heavy atom. The summed E-state index contributed by atoms with van der Waals surface area (Å²) in [6, 6.07) is 37.1. The van der Waals surface area contributed by atoms with Crippen LogP contribution < -0.4 is 21.3 Å². The molecule has 4 aromatic rings. The van der Waals surface area contributed by atoms with E-state index >= 15 is 0 Å². The molecule has 166 valence electrons. The van der Waals surface area contributed by atoms with Gasteiger partial charge >= 0.3 is 0 Å². The van der Waals surface area contributed by atoms with E-state index in [0.29, 0.717) is 0 Å². The second-order valence-electron chi connectivity index (χ2n) is 8.02. The van der Waals surface area contributed by atoms with Crippen molar-refractivity contribution in [1.29, 1.82) is 0 Å². The van der Waals surface area contributed by atoms with Gasteiger partial charge in [0.25, 0.3) is 0 Å². The van der Waals surface area contributed by atoms with Crippen molar-refractivity contribution in [3.05, 3.63) is 120 Å². The van der Waals surface area contributed by atoms with Crippen molar-refractivity contribution in [2.24, 2.45) is 0 Å². The van der Waals surface area contributed by atoms with E-state index in [1.54, 1.807) is 0 Å². The third-order valence-corrected chi connectivity index (χ3v) is 5.42. The largest absolute Gasteiger partial charge is 0.381 e. The van der Waals surface area contributed by atoms with Crippen molar-refractivity contribution in [2.75, 3.05) is 27.8 Å². The smallest absolute Gasteiger partial charge is 0.0385 e. The summed E-state index contributed by atoms with van der Waals surface area (Å²) < 4.78 is 0. The zero-order valence-electron chi connectivity index (χ0n) is 19.1. The lowest BCUT2D eigenvalue weighted by Gasteiger charge is -2.14. The molecule has 0 aliphatic rings. The van der Waals surface area contributed by atoms with E-state index < -0.39 is 0 Å². The van der Waals surface area contributed by atoms with E-state index in [2.05, 4.69) is 108 Å². The molecule has 33 heavy (non-hydrogen) atoms. The van der Waals surface area contributed by atoms with Gasteiger partial charge in [-0.05, 0) is 92.2 Å². The average molecular weight is 435 g/mol. The molecule has 0 saturated heterocycles. The molecule has 4 heteroatoms. The van der Waals surface area contributed by atoms with Crippen LogP contribution in [0.1, 0.15) is 13.8 Å². The van der Waals surface area contributed by atoms with Crippen LogP contribution in [0.25, 0.3) is 0 Å². The van der Waals surface area contributed by atoms with Crippen molar-refractivity contribution in [2.45, 2.75) is 13.8 Å². The van der Waals surface area contributed by atoms with Gasteiger partial charge in [-0.15, -0.1) is 0 Å². The molecule has 0 aliphatic heterocycles. The van der Waals surface area contributed by atoms with Crippen molar-refractivity contribution in [1.82, 2.24) is 0 Å². The van der Waals surface area contributed by atoms with Gasteiger partial charge in [0.1, 0.15) is 0 Å². The number of hydrogen-bond donors (Lipinski definition) is 4. The molecule has 0 spiro atoms. The maximum Gasteiger partial charge on any atom is 0.0385 e. The molecule has 0 fully saturated rings. The van der Waals surface area contributed by atoms with Crippen LogP contribution in [0, 0.1) is 0 Å². The summed E-state index contributed by atoms with van der Waals surface area (Å²) >= 11 is 0. The zero-order chi connectivity index (χ0) is 22.9. The highest BCUT2D eigenvalue weighted by Crippen LogP contribution is 2.21.